The van der Waals surface area contributed by atoms with Gasteiger partial charge in [-0.2, -0.15) is 0 Å². The highest BCUT2D eigenvalue weighted by atomic mass is 16.6. The predicted octanol–water partition coefficient (Wildman–Crippen LogP) is 3.91. The van der Waals surface area contributed by atoms with Crippen LogP contribution in [0, 0.1) is 11.8 Å². The van der Waals surface area contributed by atoms with Crippen LogP contribution in [0.15, 0.2) is 18.2 Å². The summed E-state index contributed by atoms with van der Waals surface area (Å²) in [5.41, 5.74) is 0.566. The van der Waals surface area contributed by atoms with Crippen LogP contribution in [-0.4, -0.2) is 47.7 Å². The molecule has 0 aliphatic rings. The predicted molar refractivity (Wildman–Crippen MR) is 130 cm³/mol. The third-order valence-electron chi connectivity index (χ3n) is 4.78. The Balaban J connectivity index is 3.00. The molecule has 0 bridgehead atoms. The molecule has 35 heavy (non-hydrogen) atoms. The minimum Gasteiger partial charge on any atom is -0.480 e. The molecule has 2 N–H and O–H groups in total. The van der Waals surface area contributed by atoms with Crippen LogP contribution in [-0.2, 0) is 30.3 Å². The fraction of sp³-hybridized carbons (Fsp3) is 0.615. The van der Waals surface area contributed by atoms with Crippen LogP contribution in [0.5, 0.6) is 11.5 Å². The van der Waals surface area contributed by atoms with E-state index in [0.717, 1.165) is 0 Å². The van der Waals surface area contributed by atoms with Crippen LogP contribution < -0.4 is 14.8 Å². The van der Waals surface area contributed by atoms with Crippen molar-refractivity contribution < 1.29 is 38.5 Å². The number of nitrogens with one attached hydrogen (secondary N) is 1. The van der Waals surface area contributed by atoms with Gasteiger partial charge in [0.15, 0.2) is 11.5 Å². The SMILES string of the molecule is CCCC(=O)OC(C)CN[C@@H](Cc1ccc(OC(=O)CC(C)C)c(OC(=O)CC(C)C)c1)C(=O)O. The molecule has 0 aliphatic heterocycles. The Labute approximate surface area is 207 Å². The zero-order valence-electron chi connectivity index (χ0n) is 21.6. The average Bonchev–Trinajstić information content (AvgIpc) is 2.71. The van der Waals surface area contributed by atoms with Crippen molar-refractivity contribution in [2.24, 2.45) is 11.8 Å². The summed E-state index contributed by atoms with van der Waals surface area (Å²) in [6.07, 6.45) is 0.930. The molecule has 0 aromatic heterocycles. The third-order valence-corrected chi connectivity index (χ3v) is 4.78. The lowest BCUT2D eigenvalue weighted by Gasteiger charge is -2.19. The molecular formula is C26H39NO8. The summed E-state index contributed by atoms with van der Waals surface area (Å²) in [6.45, 7) is 11.3. The summed E-state index contributed by atoms with van der Waals surface area (Å²) in [5, 5.41) is 12.6. The molecule has 0 fully saturated rings. The van der Waals surface area contributed by atoms with Gasteiger partial charge in [0.1, 0.15) is 12.1 Å². The zero-order chi connectivity index (χ0) is 26.5. The van der Waals surface area contributed by atoms with Crippen molar-refractivity contribution in [2.45, 2.75) is 85.8 Å². The number of aliphatic carboxylic acids is 1. The molecular weight excluding hydrogens is 454 g/mol. The van der Waals surface area contributed by atoms with E-state index in [1.807, 2.05) is 34.6 Å². The van der Waals surface area contributed by atoms with E-state index >= 15 is 0 Å². The second kappa shape index (κ2) is 15.1. The largest absolute Gasteiger partial charge is 0.480 e. The summed E-state index contributed by atoms with van der Waals surface area (Å²) < 4.78 is 16.1. The summed E-state index contributed by atoms with van der Waals surface area (Å²) in [7, 11) is 0. The Bertz CT molecular complexity index is 865. The van der Waals surface area contributed by atoms with Gasteiger partial charge in [-0.25, -0.2) is 0 Å². The van der Waals surface area contributed by atoms with Gasteiger partial charge >= 0.3 is 23.9 Å². The van der Waals surface area contributed by atoms with Gasteiger partial charge in [-0.3, -0.25) is 19.2 Å². The zero-order valence-corrected chi connectivity index (χ0v) is 21.6. The number of carboxylic acid groups (broad SMARTS) is 1. The Morgan fingerprint density at radius 2 is 1.46 bits per heavy atom. The van der Waals surface area contributed by atoms with E-state index in [1.54, 1.807) is 13.0 Å². The van der Waals surface area contributed by atoms with Crippen molar-refractivity contribution in [1.29, 1.82) is 0 Å². The first-order valence-electron chi connectivity index (χ1n) is 12.1. The Morgan fingerprint density at radius 3 is 1.97 bits per heavy atom. The maximum Gasteiger partial charge on any atom is 0.321 e. The maximum atomic E-state index is 12.3. The summed E-state index contributed by atoms with van der Waals surface area (Å²) in [5.74, 6) is -2.00. The quantitative estimate of drug-likeness (QED) is 0.276. The van der Waals surface area contributed by atoms with Crippen molar-refractivity contribution in [3.8, 4) is 11.5 Å². The first-order chi connectivity index (χ1) is 16.4. The number of esters is 3. The standard InChI is InChI=1S/C26H39NO8/c1-7-8-23(28)33-18(6)15-27-20(26(31)32)13-19-9-10-21(34-24(29)11-16(2)3)22(14-19)35-25(30)12-17(4)5/h9-10,14,16-18,20,27H,7-8,11-13,15H2,1-6H3,(H,31,32)/t18?,20-/m0/s1. The lowest BCUT2D eigenvalue weighted by Crippen LogP contribution is -2.42. The van der Waals surface area contributed by atoms with Crippen LogP contribution in [0.1, 0.15) is 72.8 Å². The van der Waals surface area contributed by atoms with E-state index in [0.29, 0.717) is 18.4 Å². The van der Waals surface area contributed by atoms with Crippen molar-refractivity contribution in [1.82, 2.24) is 5.32 Å². The van der Waals surface area contributed by atoms with Crippen LogP contribution >= 0.6 is 0 Å². The van der Waals surface area contributed by atoms with Crippen LogP contribution in [0.25, 0.3) is 0 Å². The van der Waals surface area contributed by atoms with E-state index in [1.165, 1.54) is 12.1 Å². The van der Waals surface area contributed by atoms with Crippen molar-refractivity contribution in [3.63, 3.8) is 0 Å². The Hall–Kier alpha value is -2.94. The number of benzene rings is 1. The van der Waals surface area contributed by atoms with Crippen LogP contribution in [0.4, 0.5) is 0 Å². The molecule has 0 saturated carbocycles. The molecule has 0 saturated heterocycles. The molecule has 2 atom stereocenters. The Morgan fingerprint density at radius 1 is 0.886 bits per heavy atom. The number of hydrogen-bond acceptors (Lipinski definition) is 8. The number of carboxylic acids is 1. The molecule has 1 aromatic rings. The van der Waals surface area contributed by atoms with E-state index in [9.17, 15) is 24.3 Å². The van der Waals surface area contributed by atoms with Crippen LogP contribution in [0.2, 0.25) is 0 Å². The van der Waals surface area contributed by atoms with Gasteiger partial charge < -0.3 is 24.6 Å². The van der Waals surface area contributed by atoms with Crippen molar-refractivity contribution in [3.05, 3.63) is 23.8 Å². The van der Waals surface area contributed by atoms with Gasteiger partial charge in [0, 0.05) is 25.8 Å². The van der Waals surface area contributed by atoms with E-state index in [2.05, 4.69) is 5.32 Å². The van der Waals surface area contributed by atoms with E-state index < -0.39 is 30.1 Å². The lowest BCUT2D eigenvalue weighted by molar-refractivity contribution is -0.148. The maximum absolute atomic E-state index is 12.3. The second-order valence-corrected chi connectivity index (χ2v) is 9.48. The number of hydrogen-bond donors (Lipinski definition) is 2. The van der Waals surface area contributed by atoms with Gasteiger partial charge in [0.25, 0.3) is 0 Å². The molecule has 0 spiro atoms. The average molecular weight is 494 g/mol. The van der Waals surface area contributed by atoms with Gasteiger partial charge in [0.05, 0.1) is 0 Å². The number of carbonyl (C=O) groups excluding carboxylic acids is 3. The molecule has 9 nitrogen and oxygen atoms in total. The molecule has 0 amide bonds. The number of carbonyl (C=O) groups is 4. The minimum atomic E-state index is -1.08. The topological polar surface area (TPSA) is 128 Å². The van der Waals surface area contributed by atoms with Gasteiger partial charge in [-0.1, -0.05) is 40.7 Å². The summed E-state index contributed by atoms with van der Waals surface area (Å²) >= 11 is 0. The summed E-state index contributed by atoms with van der Waals surface area (Å²) in [6, 6.07) is 3.66. The van der Waals surface area contributed by atoms with Crippen molar-refractivity contribution >= 4 is 23.9 Å². The second-order valence-electron chi connectivity index (χ2n) is 9.48. The van der Waals surface area contributed by atoms with Crippen LogP contribution in [0.3, 0.4) is 0 Å². The number of rotatable bonds is 15. The molecule has 0 aliphatic carbocycles. The van der Waals surface area contributed by atoms with E-state index in [4.69, 9.17) is 14.2 Å². The first kappa shape index (κ1) is 30.1. The lowest BCUT2D eigenvalue weighted by atomic mass is 10.0. The summed E-state index contributed by atoms with van der Waals surface area (Å²) in [4.78, 5) is 47.9. The fourth-order valence-electron chi connectivity index (χ4n) is 3.16. The molecule has 1 rings (SSSR count). The number of ether oxygens (including phenoxy) is 3. The molecule has 196 valence electrons. The monoisotopic (exact) mass is 493 g/mol. The molecule has 1 unspecified atom stereocenters. The Kier molecular flexibility index (Phi) is 13.0. The normalized spacial score (nSPS) is 12.8. The van der Waals surface area contributed by atoms with Crippen molar-refractivity contribution in [2.75, 3.05) is 6.54 Å². The fourth-order valence-corrected chi connectivity index (χ4v) is 3.16. The third kappa shape index (κ3) is 12.4. The molecule has 0 radical (unpaired) electrons. The minimum absolute atomic E-state index is 0.0660. The highest BCUT2D eigenvalue weighted by Gasteiger charge is 2.22. The van der Waals surface area contributed by atoms with Gasteiger partial charge in [-0.05, 0) is 49.3 Å². The van der Waals surface area contributed by atoms with Gasteiger partial charge in [0.2, 0.25) is 0 Å². The highest BCUT2D eigenvalue weighted by molar-refractivity contribution is 5.77. The van der Waals surface area contributed by atoms with E-state index in [-0.39, 0.29) is 55.1 Å². The first-order valence-corrected chi connectivity index (χ1v) is 12.1. The molecule has 9 heteroatoms. The highest BCUT2D eigenvalue weighted by Crippen LogP contribution is 2.30. The molecule has 1 aromatic carbocycles. The molecule has 0 heterocycles. The smallest absolute Gasteiger partial charge is 0.321 e. The van der Waals surface area contributed by atoms with Gasteiger partial charge in [-0.15, -0.1) is 0 Å².